The van der Waals surface area contributed by atoms with Crippen LogP contribution in [0.2, 0.25) is 5.02 Å². The van der Waals surface area contributed by atoms with Crippen LogP contribution in [0.15, 0.2) is 40.8 Å². The van der Waals surface area contributed by atoms with Gasteiger partial charge in [0.1, 0.15) is 0 Å². The van der Waals surface area contributed by atoms with Crippen molar-refractivity contribution in [3.05, 3.63) is 46.4 Å². The Hall–Kier alpha value is -2.11. The highest BCUT2D eigenvalue weighted by molar-refractivity contribution is 7.16. The van der Waals surface area contributed by atoms with E-state index in [9.17, 15) is 0 Å². The Balaban J connectivity index is 2.00. The van der Waals surface area contributed by atoms with Crippen molar-refractivity contribution in [3.8, 4) is 0 Å². The summed E-state index contributed by atoms with van der Waals surface area (Å²) in [6.45, 7) is 5.04. The van der Waals surface area contributed by atoms with Crippen LogP contribution in [0.5, 0.6) is 0 Å². The van der Waals surface area contributed by atoms with E-state index in [1.807, 2.05) is 43.0 Å². The molecule has 0 bridgehead atoms. The van der Waals surface area contributed by atoms with Crippen LogP contribution < -0.4 is 4.90 Å². The van der Waals surface area contributed by atoms with E-state index in [2.05, 4.69) is 46.9 Å². The molecular weight excluding hydrogens is 352 g/mol. The number of rotatable bonds is 5. The van der Waals surface area contributed by atoms with Gasteiger partial charge >= 0.3 is 0 Å². The van der Waals surface area contributed by atoms with Gasteiger partial charge in [-0.05, 0) is 49.7 Å². The predicted octanol–water partition coefficient (Wildman–Crippen LogP) is 5.64. The van der Waals surface area contributed by atoms with Gasteiger partial charge in [-0.15, -0.1) is 11.3 Å². The maximum atomic E-state index is 6.67. The molecule has 6 heteroatoms. The Morgan fingerprint density at radius 2 is 2.04 bits per heavy atom. The molecule has 2 aromatic carbocycles. The van der Waals surface area contributed by atoms with E-state index in [0.717, 1.165) is 39.4 Å². The lowest BCUT2D eigenvalue weighted by atomic mass is 10.1. The van der Waals surface area contributed by atoms with E-state index in [1.54, 1.807) is 11.3 Å². The Morgan fingerprint density at radius 1 is 1.24 bits per heavy atom. The average Bonchev–Trinajstić information content (AvgIpc) is 3.08. The van der Waals surface area contributed by atoms with Gasteiger partial charge in [0.25, 0.3) is 0 Å². The summed E-state index contributed by atoms with van der Waals surface area (Å²) in [6.07, 6.45) is 1.81. The van der Waals surface area contributed by atoms with Crippen molar-refractivity contribution in [2.75, 3.05) is 25.5 Å². The van der Waals surface area contributed by atoms with Crippen LogP contribution in [-0.4, -0.2) is 36.9 Å². The van der Waals surface area contributed by atoms with Crippen LogP contribution in [0.25, 0.3) is 10.2 Å². The Morgan fingerprint density at radius 3 is 2.80 bits per heavy atom. The largest absolute Gasteiger partial charge is 0.366 e. The van der Waals surface area contributed by atoms with E-state index < -0.39 is 0 Å². The van der Waals surface area contributed by atoms with Crippen molar-refractivity contribution in [1.29, 1.82) is 0 Å². The maximum absolute atomic E-state index is 6.67. The monoisotopic (exact) mass is 372 g/mol. The zero-order valence-electron chi connectivity index (χ0n) is 14.8. The SMILES string of the molecule is CCN(C)/C=N\c1cc(C)cc(N(C)c2ccc3ncsc3c2)c1Cl. The number of aliphatic imine (C=N–C) groups is 1. The first-order valence-electron chi connectivity index (χ1n) is 8.11. The number of fused-ring (bicyclic) bond motifs is 1. The molecule has 0 aliphatic carbocycles. The smallest absolute Gasteiger partial charge is 0.0910 e. The number of hydrogen-bond donors (Lipinski definition) is 0. The minimum Gasteiger partial charge on any atom is -0.366 e. The molecule has 0 unspecified atom stereocenters. The molecule has 3 rings (SSSR count). The second kappa shape index (κ2) is 7.42. The van der Waals surface area contributed by atoms with E-state index in [0.29, 0.717) is 5.02 Å². The van der Waals surface area contributed by atoms with Gasteiger partial charge in [0.05, 0.1) is 38.5 Å². The molecule has 130 valence electrons. The van der Waals surface area contributed by atoms with Gasteiger partial charge in [-0.3, -0.25) is 0 Å². The molecule has 0 spiro atoms. The van der Waals surface area contributed by atoms with Crippen molar-refractivity contribution in [2.24, 2.45) is 4.99 Å². The van der Waals surface area contributed by atoms with Gasteiger partial charge in [0.2, 0.25) is 0 Å². The summed E-state index contributed by atoms with van der Waals surface area (Å²) in [7, 11) is 4.01. The fourth-order valence-corrected chi connectivity index (χ4v) is 3.50. The number of halogens is 1. The van der Waals surface area contributed by atoms with Crippen molar-refractivity contribution in [2.45, 2.75) is 13.8 Å². The lowest BCUT2D eigenvalue weighted by Gasteiger charge is -2.22. The molecule has 4 nitrogen and oxygen atoms in total. The third-order valence-corrected chi connectivity index (χ3v) is 5.31. The number of hydrogen-bond acceptors (Lipinski definition) is 4. The third-order valence-electron chi connectivity index (χ3n) is 4.13. The number of anilines is 2. The van der Waals surface area contributed by atoms with Crippen LogP contribution in [-0.2, 0) is 0 Å². The van der Waals surface area contributed by atoms with Crippen LogP contribution in [0.1, 0.15) is 12.5 Å². The second-order valence-electron chi connectivity index (χ2n) is 6.00. The number of benzene rings is 2. The van der Waals surface area contributed by atoms with Crippen LogP contribution in [0, 0.1) is 6.92 Å². The molecule has 0 atom stereocenters. The van der Waals surface area contributed by atoms with E-state index >= 15 is 0 Å². The number of nitrogens with zero attached hydrogens (tertiary/aromatic N) is 4. The summed E-state index contributed by atoms with van der Waals surface area (Å²) in [5, 5.41) is 0.651. The molecule has 0 aliphatic rings. The molecule has 0 aliphatic heterocycles. The highest BCUT2D eigenvalue weighted by Gasteiger charge is 2.13. The molecule has 0 fully saturated rings. The summed E-state index contributed by atoms with van der Waals surface area (Å²) in [5.74, 6) is 0. The first-order valence-corrected chi connectivity index (χ1v) is 9.37. The minimum absolute atomic E-state index is 0.651. The number of aromatic nitrogens is 1. The molecular formula is C19H21ClN4S. The predicted molar refractivity (Wildman–Crippen MR) is 110 cm³/mol. The van der Waals surface area contributed by atoms with E-state index in [4.69, 9.17) is 11.6 Å². The van der Waals surface area contributed by atoms with Gasteiger partial charge in [0.15, 0.2) is 0 Å². The van der Waals surface area contributed by atoms with Crippen molar-refractivity contribution < 1.29 is 0 Å². The molecule has 0 N–H and O–H groups in total. The van der Waals surface area contributed by atoms with Crippen LogP contribution in [0.3, 0.4) is 0 Å². The summed E-state index contributed by atoms with van der Waals surface area (Å²) in [5.41, 5.74) is 6.80. The van der Waals surface area contributed by atoms with E-state index in [1.165, 1.54) is 0 Å². The Kier molecular flexibility index (Phi) is 5.25. The molecule has 1 aromatic heterocycles. The fourth-order valence-electron chi connectivity index (χ4n) is 2.50. The maximum Gasteiger partial charge on any atom is 0.0910 e. The molecule has 3 aromatic rings. The van der Waals surface area contributed by atoms with Crippen LogP contribution >= 0.6 is 22.9 Å². The van der Waals surface area contributed by atoms with Crippen molar-refractivity contribution in [3.63, 3.8) is 0 Å². The second-order valence-corrected chi connectivity index (χ2v) is 7.26. The zero-order valence-corrected chi connectivity index (χ0v) is 16.4. The van der Waals surface area contributed by atoms with E-state index in [-0.39, 0.29) is 0 Å². The summed E-state index contributed by atoms with van der Waals surface area (Å²) < 4.78 is 1.16. The van der Waals surface area contributed by atoms with Gasteiger partial charge in [-0.2, -0.15) is 0 Å². The standard InChI is InChI=1S/C19H21ClN4S/c1-5-23(3)11-21-16-8-13(2)9-17(19(16)20)24(4)14-6-7-15-18(10-14)25-12-22-15/h6-12H,5H2,1-4H3/b21-11-. The van der Waals surface area contributed by atoms with Crippen LogP contribution in [0.4, 0.5) is 17.1 Å². The highest BCUT2D eigenvalue weighted by atomic mass is 35.5. The molecule has 0 saturated heterocycles. The fraction of sp³-hybridized carbons (Fsp3) is 0.263. The molecule has 0 saturated carbocycles. The first-order chi connectivity index (χ1) is 12.0. The Labute approximate surface area is 157 Å². The summed E-state index contributed by atoms with van der Waals surface area (Å²) in [4.78, 5) is 13.0. The third kappa shape index (κ3) is 3.78. The van der Waals surface area contributed by atoms with Crippen molar-refractivity contribution >= 4 is 56.6 Å². The van der Waals surface area contributed by atoms with Gasteiger partial charge in [-0.1, -0.05) is 11.6 Å². The molecule has 1 heterocycles. The van der Waals surface area contributed by atoms with Gasteiger partial charge < -0.3 is 9.80 Å². The van der Waals surface area contributed by atoms with Gasteiger partial charge in [0, 0.05) is 26.3 Å². The zero-order chi connectivity index (χ0) is 18.0. The summed E-state index contributed by atoms with van der Waals surface area (Å²) >= 11 is 8.30. The molecule has 0 amide bonds. The summed E-state index contributed by atoms with van der Waals surface area (Å²) in [6, 6.07) is 10.3. The average molecular weight is 373 g/mol. The molecule has 25 heavy (non-hydrogen) atoms. The normalized spacial score (nSPS) is 11.4. The minimum atomic E-state index is 0.651. The van der Waals surface area contributed by atoms with Crippen molar-refractivity contribution in [1.82, 2.24) is 9.88 Å². The topological polar surface area (TPSA) is 31.7 Å². The quantitative estimate of drug-likeness (QED) is 0.429. The number of thiazole rings is 1. The number of aryl methyl sites for hydroxylation is 1. The highest BCUT2D eigenvalue weighted by Crippen LogP contribution is 2.39. The lowest BCUT2D eigenvalue weighted by Crippen LogP contribution is -2.14. The Bertz CT molecular complexity index is 919. The molecule has 0 radical (unpaired) electrons. The van der Waals surface area contributed by atoms with Gasteiger partial charge in [-0.25, -0.2) is 9.98 Å². The first kappa shape index (κ1) is 17.7. The lowest BCUT2D eigenvalue weighted by molar-refractivity contribution is 0.552.